The van der Waals surface area contributed by atoms with Crippen LogP contribution in [-0.4, -0.2) is 34.7 Å². The fourth-order valence-electron chi connectivity index (χ4n) is 2.87. The van der Waals surface area contributed by atoms with Crippen LogP contribution in [0.4, 0.5) is 0 Å². The normalized spacial score (nSPS) is 27.1. The highest BCUT2D eigenvalue weighted by Gasteiger charge is 2.44. The quantitative estimate of drug-likeness (QED) is 0.895. The standard InChI is InChI=1S/C16H20ClNO2S/c17-12-3-1-11(2-4-12)13-9-14(13)15(19)18-10-16(20)5-7-21-8-6-16/h1-4,13-14,20H,5-10H2,(H,18,19). The van der Waals surface area contributed by atoms with Crippen molar-refractivity contribution >= 4 is 29.3 Å². The molecule has 2 atom stereocenters. The molecular formula is C16H20ClNO2S. The van der Waals surface area contributed by atoms with Crippen molar-refractivity contribution in [1.29, 1.82) is 0 Å². The molecule has 1 heterocycles. The predicted molar refractivity (Wildman–Crippen MR) is 86.8 cm³/mol. The molecule has 1 aliphatic heterocycles. The minimum Gasteiger partial charge on any atom is -0.388 e. The summed E-state index contributed by atoms with van der Waals surface area (Å²) < 4.78 is 0. The molecule has 2 unspecified atom stereocenters. The molecule has 3 nitrogen and oxygen atoms in total. The number of rotatable bonds is 4. The summed E-state index contributed by atoms with van der Waals surface area (Å²) in [5, 5.41) is 14.1. The maximum atomic E-state index is 12.2. The van der Waals surface area contributed by atoms with E-state index in [1.165, 1.54) is 5.56 Å². The second-order valence-electron chi connectivity index (χ2n) is 6.05. The van der Waals surface area contributed by atoms with E-state index in [0.717, 1.165) is 35.8 Å². The average Bonchev–Trinajstić information content (AvgIpc) is 3.27. The Labute approximate surface area is 134 Å². The van der Waals surface area contributed by atoms with Gasteiger partial charge in [0, 0.05) is 17.5 Å². The molecule has 0 spiro atoms. The molecule has 3 rings (SSSR count). The van der Waals surface area contributed by atoms with Gasteiger partial charge in [-0.05, 0) is 54.4 Å². The van der Waals surface area contributed by atoms with E-state index >= 15 is 0 Å². The summed E-state index contributed by atoms with van der Waals surface area (Å²) in [6.45, 7) is 0.385. The smallest absolute Gasteiger partial charge is 0.223 e. The Balaban J connectivity index is 1.50. The highest BCUT2D eigenvalue weighted by atomic mass is 35.5. The van der Waals surface area contributed by atoms with Crippen LogP contribution in [0, 0.1) is 5.92 Å². The van der Waals surface area contributed by atoms with Gasteiger partial charge in [0.15, 0.2) is 0 Å². The van der Waals surface area contributed by atoms with Crippen molar-refractivity contribution in [2.45, 2.75) is 30.8 Å². The Morgan fingerprint density at radius 3 is 2.67 bits per heavy atom. The zero-order chi connectivity index (χ0) is 14.9. The van der Waals surface area contributed by atoms with Gasteiger partial charge in [-0.25, -0.2) is 0 Å². The van der Waals surface area contributed by atoms with Gasteiger partial charge in [0.25, 0.3) is 0 Å². The Morgan fingerprint density at radius 1 is 1.33 bits per heavy atom. The summed E-state index contributed by atoms with van der Waals surface area (Å²) in [6, 6.07) is 7.72. The van der Waals surface area contributed by atoms with E-state index in [4.69, 9.17) is 11.6 Å². The third kappa shape index (κ3) is 3.74. The fourth-order valence-corrected chi connectivity index (χ4v) is 4.25. The van der Waals surface area contributed by atoms with Crippen LogP contribution in [0.15, 0.2) is 24.3 Å². The zero-order valence-corrected chi connectivity index (χ0v) is 13.4. The van der Waals surface area contributed by atoms with E-state index < -0.39 is 5.60 Å². The lowest BCUT2D eigenvalue weighted by atomic mass is 9.97. The number of amides is 1. The van der Waals surface area contributed by atoms with Gasteiger partial charge in [-0.1, -0.05) is 23.7 Å². The van der Waals surface area contributed by atoms with E-state index in [0.29, 0.717) is 12.5 Å². The second-order valence-corrected chi connectivity index (χ2v) is 7.72. The van der Waals surface area contributed by atoms with Gasteiger partial charge in [-0.15, -0.1) is 0 Å². The van der Waals surface area contributed by atoms with Crippen LogP contribution in [0.5, 0.6) is 0 Å². The van der Waals surface area contributed by atoms with Crippen LogP contribution in [-0.2, 0) is 4.79 Å². The van der Waals surface area contributed by atoms with Crippen molar-refractivity contribution in [3.05, 3.63) is 34.9 Å². The first-order chi connectivity index (χ1) is 10.1. The van der Waals surface area contributed by atoms with Gasteiger partial charge < -0.3 is 10.4 Å². The van der Waals surface area contributed by atoms with Crippen molar-refractivity contribution < 1.29 is 9.90 Å². The monoisotopic (exact) mass is 325 g/mol. The summed E-state index contributed by atoms with van der Waals surface area (Å²) in [5.41, 5.74) is 0.471. The molecule has 0 bridgehead atoms. The lowest BCUT2D eigenvalue weighted by Crippen LogP contribution is -2.45. The molecule has 1 amide bonds. The van der Waals surface area contributed by atoms with E-state index in [-0.39, 0.29) is 11.8 Å². The Morgan fingerprint density at radius 2 is 2.00 bits per heavy atom. The molecule has 5 heteroatoms. The number of carbonyl (C=O) groups is 1. The third-order valence-electron chi connectivity index (χ3n) is 4.44. The van der Waals surface area contributed by atoms with Gasteiger partial charge in [-0.3, -0.25) is 4.79 Å². The highest BCUT2D eigenvalue weighted by Crippen LogP contribution is 2.47. The lowest BCUT2D eigenvalue weighted by Gasteiger charge is -2.31. The second kappa shape index (κ2) is 6.19. The molecular weight excluding hydrogens is 306 g/mol. The SMILES string of the molecule is O=C(NCC1(O)CCSCC1)C1CC1c1ccc(Cl)cc1. The van der Waals surface area contributed by atoms with Crippen molar-refractivity contribution in [2.75, 3.05) is 18.1 Å². The van der Waals surface area contributed by atoms with Crippen LogP contribution in [0.25, 0.3) is 0 Å². The molecule has 1 saturated carbocycles. The highest BCUT2D eigenvalue weighted by molar-refractivity contribution is 7.99. The topological polar surface area (TPSA) is 49.3 Å². The number of halogens is 1. The van der Waals surface area contributed by atoms with Crippen LogP contribution in [0.2, 0.25) is 5.02 Å². The van der Waals surface area contributed by atoms with Crippen molar-refractivity contribution in [1.82, 2.24) is 5.32 Å². The predicted octanol–water partition coefficient (Wildman–Crippen LogP) is 2.82. The largest absolute Gasteiger partial charge is 0.388 e. The van der Waals surface area contributed by atoms with Gasteiger partial charge in [0.05, 0.1) is 5.60 Å². The molecule has 1 saturated heterocycles. The molecule has 2 aliphatic rings. The molecule has 1 aromatic rings. The number of nitrogens with one attached hydrogen (secondary N) is 1. The molecule has 2 fully saturated rings. The minimum atomic E-state index is -0.703. The summed E-state index contributed by atoms with van der Waals surface area (Å²) in [6.07, 6.45) is 2.42. The van der Waals surface area contributed by atoms with Crippen LogP contribution < -0.4 is 5.32 Å². The lowest BCUT2D eigenvalue weighted by molar-refractivity contribution is -0.123. The summed E-state index contributed by atoms with van der Waals surface area (Å²) >= 11 is 7.74. The van der Waals surface area contributed by atoms with E-state index in [1.807, 2.05) is 36.0 Å². The molecule has 21 heavy (non-hydrogen) atoms. The fraction of sp³-hybridized carbons (Fsp3) is 0.562. The van der Waals surface area contributed by atoms with Crippen molar-refractivity contribution in [3.8, 4) is 0 Å². The van der Waals surface area contributed by atoms with Crippen LogP contribution >= 0.6 is 23.4 Å². The van der Waals surface area contributed by atoms with Crippen LogP contribution in [0.1, 0.15) is 30.7 Å². The van der Waals surface area contributed by atoms with E-state index in [2.05, 4.69) is 5.32 Å². The van der Waals surface area contributed by atoms with Gasteiger partial charge >= 0.3 is 0 Å². The summed E-state index contributed by atoms with van der Waals surface area (Å²) in [5.74, 6) is 2.38. The number of aliphatic hydroxyl groups is 1. The third-order valence-corrected chi connectivity index (χ3v) is 5.68. The molecule has 1 aliphatic carbocycles. The van der Waals surface area contributed by atoms with E-state index in [1.54, 1.807) is 0 Å². The summed E-state index contributed by atoms with van der Waals surface area (Å²) in [7, 11) is 0. The first-order valence-corrected chi connectivity index (χ1v) is 8.94. The van der Waals surface area contributed by atoms with Gasteiger partial charge in [-0.2, -0.15) is 11.8 Å². The van der Waals surface area contributed by atoms with Crippen LogP contribution in [0.3, 0.4) is 0 Å². The van der Waals surface area contributed by atoms with Gasteiger partial charge in [0.1, 0.15) is 0 Å². The van der Waals surface area contributed by atoms with Gasteiger partial charge in [0.2, 0.25) is 5.91 Å². The molecule has 2 N–H and O–H groups in total. The minimum absolute atomic E-state index is 0.0488. The Bertz CT molecular complexity index is 514. The first kappa shape index (κ1) is 15.2. The number of benzene rings is 1. The maximum absolute atomic E-state index is 12.2. The zero-order valence-electron chi connectivity index (χ0n) is 11.8. The van der Waals surface area contributed by atoms with Crippen molar-refractivity contribution in [2.24, 2.45) is 5.92 Å². The molecule has 0 radical (unpaired) electrons. The number of hydrogen-bond acceptors (Lipinski definition) is 3. The molecule has 0 aromatic heterocycles. The number of hydrogen-bond donors (Lipinski definition) is 2. The summed E-state index contributed by atoms with van der Waals surface area (Å²) in [4.78, 5) is 12.2. The van der Waals surface area contributed by atoms with E-state index in [9.17, 15) is 9.90 Å². The molecule has 1 aromatic carbocycles. The first-order valence-electron chi connectivity index (χ1n) is 7.41. The Hall–Kier alpha value is -0.710. The maximum Gasteiger partial charge on any atom is 0.223 e. The number of thioether (sulfide) groups is 1. The average molecular weight is 326 g/mol. The number of carbonyl (C=O) groups excluding carboxylic acids is 1. The Kier molecular flexibility index (Phi) is 4.48. The molecule has 114 valence electrons. The van der Waals surface area contributed by atoms with Crippen molar-refractivity contribution in [3.63, 3.8) is 0 Å².